The third kappa shape index (κ3) is 2.18. The van der Waals surface area contributed by atoms with Crippen molar-refractivity contribution in [3.8, 4) is 11.1 Å². The topological polar surface area (TPSA) is 0 Å². The molecule has 0 radical (unpaired) electrons. The molecular weight excluding hydrogens is 253 g/mol. The smallest absolute Gasteiger partial charge is 0.143 e. The molecule has 0 aliphatic carbocycles. The molecule has 0 fully saturated rings. The maximum atomic E-state index is 13.3. The number of benzene rings is 2. The lowest BCUT2D eigenvalue weighted by Crippen LogP contribution is -1.85. The van der Waals surface area contributed by atoms with Crippen LogP contribution in [0.1, 0.15) is 0 Å². The molecule has 2 rings (SSSR count). The highest BCUT2D eigenvalue weighted by molar-refractivity contribution is 6.35. The highest BCUT2D eigenvalue weighted by atomic mass is 35.5. The maximum absolute atomic E-state index is 13.3. The van der Waals surface area contributed by atoms with Crippen LogP contribution in [0.5, 0.6) is 0 Å². The van der Waals surface area contributed by atoms with E-state index < -0.39 is 5.82 Å². The monoisotopic (exact) mass is 258 g/mol. The SMILES string of the molecule is Fc1ccc(-c2cc(Cl)cc(F)c2Cl)cc1. The van der Waals surface area contributed by atoms with Crippen LogP contribution in [0.3, 0.4) is 0 Å². The molecule has 16 heavy (non-hydrogen) atoms. The Labute approximate surface area is 101 Å². The summed E-state index contributed by atoms with van der Waals surface area (Å²) >= 11 is 11.5. The quantitative estimate of drug-likeness (QED) is 0.636. The summed E-state index contributed by atoms with van der Waals surface area (Å²) in [6.45, 7) is 0. The minimum absolute atomic E-state index is 0.0176. The Kier molecular flexibility index (Phi) is 3.13. The van der Waals surface area contributed by atoms with Crippen LogP contribution < -0.4 is 0 Å². The second kappa shape index (κ2) is 4.40. The summed E-state index contributed by atoms with van der Waals surface area (Å²) in [7, 11) is 0. The second-order valence-corrected chi connectivity index (χ2v) is 4.07. The van der Waals surface area contributed by atoms with Gasteiger partial charge in [0.15, 0.2) is 0 Å². The molecule has 0 amide bonds. The molecule has 0 saturated carbocycles. The molecule has 0 bridgehead atoms. The van der Waals surface area contributed by atoms with Crippen LogP contribution in [0.2, 0.25) is 10.0 Å². The van der Waals surface area contributed by atoms with Crippen LogP contribution in [0, 0.1) is 11.6 Å². The van der Waals surface area contributed by atoms with E-state index in [1.807, 2.05) is 0 Å². The highest BCUT2D eigenvalue weighted by Gasteiger charge is 2.10. The molecule has 0 saturated heterocycles. The summed E-state index contributed by atoms with van der Waals surface area (Å²) in [5, 5.41) is 0.234. The molecular formula is C12H6Cl2F2. The maximum Gasteiger partial charge on any atom is 0.143 e. The van der Waals surface area contributed by atoms with Gasteiger partial charge in [0.1, 0.15) is 11.6 Å². The third-order valence-electron chi connectivity index (χ3n) is 2.15. The number of hydrogen-bond donors (Lipinski definition) is 0. The fraction of sp³-hybridized carbons (Fsp3) is 0. The van der Waals surface area contributed by atoms with Gasteiger partial charge in [-0.15, -0.1) is 0 Å². The standard InChI is InChI=1S/C12H6Cl2F2/c13-8-5-10(12(14)11(16)6-8)7-1-3-9(15)4-2-7/h1-6H. The van der Waals surface area contributed by atoms with Gasteiger partial charge in [-0.3, -0.25) is 0 Å². The molecule has 0 nitrogen and oxygen atoms in total. The minimum Gasteiger partial charge on any atom is -0.207 e. The van der Waals surface area contributed by atoms with Crippen molar-refractivity contribution >= 4 is 23.2 Å². The van der Waals surface area contributed by atoms with Gasteiger partial charge in [-0.2, -0.15) is 0 Å². The Bertz CT molecular complexity index is 521. The highest BCUT2D eigenvalue weighted by Crippen LogP contribution is 2.32. The van der Waals surface area contributed by atoms with E-state index in [1.54, 1.807) is 6.07 Å². The van der Waals surface area contributed by atoms with Gasteiger partial charge in [0.25, 0.3) is 0 Å². The van der Waals surface area contributed by atoms with Crippen molar-refractivity contribution in [3.05, 3.63) is 58.1 Å². The van der Waals surface area contributed by atoms with E-state index in [1.165, 1.54) is 24.3 Å². The summed E-state index contributed by atoms with van der Waals surface area (Å²) in [5.41, 5.74) is 1.07. The summed E-state index contributed by atoms with van der Waals surface area (Å²) in [6.07, 6.45) is 0. The van der Waals surface area contributed by atoms with E-state index in [0.29, 0.717) is 11.1 Å². The van der Waals surface area contributed by atoms with Gasteiger partial charge in [0.2, 0.25) is 0 Å². The van der Waals surface area contributed by atoms with Gasteiger partial charge in [0.05, 0.1) is 5.02 Å². The average molecular weight is 259 g/mol. The van der Waals surface area contributed by atoms with E-state index in [9.17, 15) is 8.78 Å². The Morgan fingerprint density at radius 3 is 2.12 bits per heavy atom. The summed E-state index contributed by atoms with van der Waals surface area (Å²) in [4.78, 5) is 0. The second-order valence-electron chi connectivity index (χ2n) is 3.26. The van der Waals surface area contributed by atoms with Crippen molar-refractivity contribution in [1.82, 2.24) is 0 Å². The normalized spacial score (nSPS) is 10.5. The fourth-order valence-electron chi connectivity index (χ4n) is 1.40. The lowest BCUT2D eigenvalue weighted by Gasteiger charge is -2.06. The third-order valence-corrected chi connectivity index (χ3v) is 2.75. The lowest BCUT2D eigenvalue weighted by molar-refractivity contribution is 0.627. The van der Waals surface area contributed by atoms with E-state index in [0.717, 1.165) is 6.07 Å². The van der Waals surface area contributed by atoms with Gasteiger partial charge in [-0.25, -0.2) is 8.78 Å². The summed E-state index contributed by atoms with van der Waals surface area (Å²) in [5.74, 6) is -0.948. The van der Waals surface area contributed by atoms with Crippen molar-refractivity contribution in [1.29, 1.82) is 0 Å². The first-order valence-electron chi connectivity index (χ1n) is 4.48. The van der Waals surface area contributed by atoms with Crippen LogP contribution in [0.15, 0.2) is 36.4 Å². The van der Waals surface area contributed by atoms with Gasteiger partial charge >= 0.3 is 0 Å². The number of halogens is 4. The Morgan fingerprint density at radius 1 is 0.875 bits per heavy atom. The van der Waals surface area contributed by atoms with Gasteiger partial charge < -0.3 is 0 Å². The van der Waals surface area contributed by atoms with Crippen LogP contribution in [-0.4, -0.2) is 0 Å². The van der Waals surface area contributed by atoms with E-state index >= 15 is 0 Å². The predicted molar refractivity (Wildman–Crippen MR) is 61.8 cm³/mol. The Morgan fingerprint density at radius 2 is 1.50 bits per heavy atom. The largest absolute Gasteiger partial charge is 0.207 e. The summed E-state index contributed by atoms with van der Waals surface area (Å²) < 4.78 is 26.0. The predicted octanol–water partition coefficient (Wildman–Crippen LogP) is 4.94. The van der Waals surface area contributed by atoms with Crippen LogP contribution in [0.4, 0.5) is 8.78 Å². The zero-order chi connectivity index (χ0) is 11.7. The molecule has 2 aromatic carbocycles. The van der Waals surface area contributed by atoms with Crippen molar-refractivity contribution in [3.63, 3.8) is 0 Å². The molecule has 0 N–H and O–H groups in total. The number of hydrogen-bond acceptors (Lipinski definition) is 0. The molecule has 4 heteroatoms. The fourth-order valence-corrected chi connectivity index (χ4v) is 1.82. The first kappa shape index (κ1) is 11.4. The first-order valence-corrected chi connectivity index (χ1v) is 5.24. The molecule has 0 unspecified atom stereocenters. The molecule has 0 heterocycles. The Hall–Kier alpha value is -1.12. The minimum atomic E-state index is -0.589. The van der Waals surface area contributed by atoms with E-state index in [4.69, 9.17) is 23.2 Å². The zero-order valence-electron chi connectivity index (χ0n) is 7.98. The zero-order valence-corrected chi connectivity index (χ0v) is 9.49. The summed E-state index contributed by atoms with van der Waals surface area (Å²) in [6, 6.07) is 8.28. The van der Waals surface area contributed by atoms with Gasteiger partial charge in [0, 0.05) is 10.6 Å². The molecule has 0 aromatic heterocycles. The average Bonchev–Trinajstić information content (AvgIpc) is 2.25. The van der Waals surface area contributed by atoms with Gasteiger partial charge in [-0.05, 0) is 29.8 Å². The van der Waals surface area contributed by atoms with Crippen LogP contribution in [-0.2, 0) is 0 Å². The molecule has 0 aliphatic rings. The molecule has 0 atom stereocenters. The molecule has 0 aliphatic heterocycles. The van der Waals surface area contributed by atoms with E-state index in [-0.39, 0.29) is 15.9 Å². The number of rotatable bonds is 1. The molecule has 2 aromatic rings. The first-order chi connectivity index (χ1) is 7.58. The van der Waals surface area contributed by atoms with Gasteiger partial charge in [-0.1, -0.05) is 35.3 Å². The van der Waals surface area contributed by atoms with Crippen LogP contribution in [0.25, 0.3) is 11.1 Å². The van der Waals surface area contributed by atoms with Crippen LogP contribution >= 0.6 is 23.2 Å². The van der Waals surface area contributed by atoms with E-state index in [2.05, 4.69) is 0 Å². The molecule has 0 spiro atoms. The molecule has 82 valence electrons. The van der Waals surface area contributed by atoms with Crippen molar-refractivity contribution in [2.45, 2.75) is 0 Å². The lowest BCUT2D eigenvalue weighted by atomic mass is 10.1. The van der Waals surface area contributed by atoms with Crippen molar-refractivity contribution in [2.75, 3.05) is 0 Å². The Balaban J connectivity index is 2.59. The van der Waals surface area contributed by atoms with Crippen molar-refractivity contribution < 1.29 is 8.78 Å². The van der Waals surface area contributed by atoms with Crippen molar-refractivity contribution in [2.24, 2.45) is 0 Å².